The van der Waals surface area contributed by atoms with Crippen LogP contribution in [0.2, 0.25) is 0 Å². The van der Waals surface area contributed by atoms with Gasteiger partial charge in [-0.1, -0.05) is 24.3 Å². The van der Waals surface area contributed by atoms with Gasteiger partial charge in [-0.15, -0.1) is 0 Å². The van der Waals surface area contributed by atoms with Crippen molar-refractivity contribution in [3.63, 3.8) is 0 Å². The van der Waals surface area contributed by atoms with E-state index < -0.39 is 0 Å². The smallest absolute Gasteiger partial charge is 0.289 e. The normalized spacial score (nSPS) is 10.5. The standard InChI is InChI=1S/C15H18N2O2/c1-11-3-8-14(19-11)15(18)17(2)10-13-6-4-12(9-16)5-7-13/h3-8H,9-10,16H2,1-2H3. The lowest BCUT2D eigenvalue weighted by Gasteiger charge is -2.16. The Morgan fingerprint density at radius 2 is 1.79 bits per heavy atom. The second-order valence-electron chi connectivity index (χ2n) is 4.59. The third kappa shape index (κ3) is 3.23. The number of nitrogens with zero attached hydrogens (tertiary/aromatic N) is 1. The maximum atomic E-state index is 12.1. The van der Waals surface area contributed by atoms with E-state index in [0.29, 0.717) is 18.8 Å². The van der Waals surface area contributed by atoms with Crippen LogP contribution in [0.25, 0.3) is 0 Å². The van der Waals surface area contributed by atoms with Gasteiger partial charge in [-0.3, -0.25) is 4.79 Å². The highest BCUT2D eigenvalue weighted by Crippen LogP contribution is 2.12. The van der Waals surface area contributed by atoms with Gasteiger partial charge in [0.2, 0.25) is 0 Å². The van der Waals surface area contributed by atoms with Crippen molar-refractivity contribution in [3.8, 4) is 0 Å². The molecule has 1 amide bonds. The van der Waals surface area contributed by atoms with Crippen LogP contribution < -0.4 is 5.73 Å². The van der Waals surface area contributed by atoms with Crippen LogP contribution in [0.3, 0.4) is 0 Å². The molecule has 4 heteroatoms. The van der Waals surface area contributed by atoms with Crippen LogP contribution in [0.4, 0.5) is 0 Å². The number of aryl methyl sites for hydroxylation is 1. The molecular weight excluding hydrogens is 240 g/mol. The van der Waals surface area contributed by atoms with Gasteiger partial charge in [-0.05, 0) is 30.2 Å². The molecule has 0 bridgehead atoms. The fourth-order valence-electron chi connectivity index (χ4n) is 1.86. The molecule has 0 fully saturated rings. The van der Waals surface area contributed by atoms with Gasteiger partial charge in [-0.2, -0.15) is 0 Å². The molecule has 0 radical (unpaired) electrons. The van der Waals surface area contributed by atoms with Gasteiger partial charge >= 0.3 is 0 Å². The number of amides is 1. The largest absolute Gasteiger partial charge is 0.456 e. The molecule has 0 unspecified atom stereocenters. The van der Waals surface area contributed by atoms with Gasteiger partial charge in [0.25, 0.3) is 5.91 Å². The Morgan fingerprint density at radius 3 is 2.32 bits per heavy atom. The van der Waals surface area contributed by atoms with Gasteiger partial charge in [0, 0.05) is 20.1 Å². The van der Waals surface area contributed by atoms with Crippen molar-refractivity contribution < 1.29 is 9.21 Å². The third-order valence-electron chi connectivity index (χ3n) is 2.98. The topological polar surface area (TPSA) is 59.5 Å². The first kappa shape index (κ1) is 13.4. The van der Waals surface area contributed by atoms with Gasteiger partial charge in [0.1, 0.15) is 5.76 Å². The quantitative estimate of drug-likeness (QED) is 0.915. The van der Waals surface area contributed by atoms with E-state index in [4.69, 9.17) is 10.2 Å². The van der Waals surface area contributed by atoms with Crippen LogP contribution in [-0.4, -0.2) is 17.9 Å². The Balaban J connectivity index is 2.03. The van der Waals surface area contributed by atoms with Crippen molar-refractivity contribution >= 4 is 5.91 Å². The lowest BCUT2D eigenvalue weighted by molar-refractivity contribution is 0.0752. The zero-order chi connectivity index (χ0) is 13.8. The first-order chi connectivity index (χ1) is 9.10. The van der Waals surface area contributed by atoms with Crippen LogP contribution in [0.1, 0.15) is 27.4 Å². The number of carbonyl (C=O) groups is 1. The zero-order valence-electron chi connectivity index (χ0n) is 11.2. The summed E-state index contributed by atoms with van der Waals surface area (Å²) in [6.07, 6.45) is 0. The number of rotatable bonds is 4. The SMILES string of the molecule is Cc1ccc(C(=O)N(C)Cc2ccc(CN)cc2)o1. The zero-order valence-corrected chi connectivity index (χ0v) is 11.2. The lowest BCUT2D eigenvalue weighted by atomic mass is 10.1. The van der Waals surface area contributed by atoms with Crippen LogP contribution in [-0.2, 0) is 13.1 Å². The van der Waals surface area contributed by atoms with E-state index in [1.165, 1.54) is 0 Å². The first-order valence-corrected chi connectivity index (χ1v) is 6.20. The minimum atomic E-state index is -0.115. The number of hydrogen-bond acceptors (Lipinski definition) is 3. The van der Waals surface area contributed by atoms with E-state index in [9.17, 15) is 4.79 Å². The molecule has 0 aliphatic carbocycles. The molecule has 0 saturated heterocycles. The summed E-state index contributed by atoms with van der Waals surface area (Å²) in [4.78, 5) is 13.7. The molecule has 4 nitrogen and oxygen atoms in total. The fraction of sp³-hybridized carbons (Fsp3) is 0.267. The van der Waals surface area contributed by atoms with E-state index in [2.05, 4.69) is 0 Å². The molecule has 2 rings (SSSR count). The highest BCUT2D eigenvalue weighted by molar-refractivity contribution is 5.91. The van der Waals surface area contributed by atoms with Crippen molar-refractivity contribution in [1.29, 1.82) is 0 Å². The maximum absolute atomic E-state index is 12.1. The van der Waals surface area contributed by atoms with E-state index in [0.717, 1.165) is 16.9 Å². The molecular formula is C15H18N2O2. The highest BCUT2D eigenvalue weighted by Gasteiger charge is 2.15. The Kier molecular flexibility index (Phi) is 4.02. The van der Waals surface area contributed by atoms with Crippen LogP contribution in [0.5, 0.6) is 0 Å². The van der Waals surface area contributed by atoms with Gasteiger partial charge in [-0.25, -0.2) is 0 Å². The highest BCUT2D eigenvalue weighted by atomic mass is 16.3. The predicted molar refractivity (Wildman–Crippen MR) is 73.6 cm³/mol. The van der Waals surface area contributed by atoms with E-state index in [1.54, 1.807) is 24.1 Å². The third-order valence-corrected chi connectivity index (χ3v) is 2.98. The monoisotopic (exact) mass is 258 g/mol. The fourth-order valence-corrected chi connectivity index (χ4v) is 1.86. The summed E-state index contributed by atoms with van der Waals surface area (Å²) < 4.78 is 5.33. The van der Waals surface area contributed by atoms with Crippen molar-refractivity contribution in [1.82, 2.24) is 4.90 Å². The Labute approximate surface area is 112 Å². The van der Waals surface area contributed by atoms with E-state index in [1.807, 2.05) is 31.2 Å². The first-order valence-electron chi connectivity index (χ1n) is 6.20. The van der Waals surface area contributed by atoms with Gasteiger partial charge < -0.3 is 15.1 Å². The molecule has 1 heterocycles. The second-order valence-corrected chi connectivity index (χ2v) is 4.59. The number of carbonyl (C=O) groups excluding carboxylic acids is 1. The summed E-state index contributed by atoms with van der Waals surface area (Å²) in [5.41, 5.74) is 7.70. The molecule has 2 N–H and O–H groups in total. The predicted octanol–water partition coefficient (Wildman–Crippen LogP) is 2.32. The van der Waals surface area contributed by atoms with Crippen molar-refractivity contribution in [2.24, 2.45) is 5.73 Å². The average Bonchev–Trinajstić information content (AvgIpc) is 2.85. The lowest BCUT2D eigenvalue weighted by Crippen LogP contribution is -2.25. The maximum Gasteiger partial charge on any atom is 0.289 e. The van der Waals surface area contributed by atoms with Crippen LogP contribution in [0.15, 0.2) is 40.8 Å². The Bertz CT molecular complexity index is 558. The molecule has 100 valence electrons. The average molecular weight is 258 g/mol. The van der Waals surface area contributed by atoms with Crippen molar-refractivity contribution in [2.45, 2.75) is 20.0 Å². The van der Waals surface area contributed by atoms with E-state index >= 15 is 0 Å². The molecule has 0 aliphatic rings. The molecule has 1 aromatic carbocycles. The summed E-state index contributed by atoms with van der Waals surface area (Å²) >= 11 is 0. The molecule has 0 atom stereocenters. The summed E-state index contributed by atoms with van der Waals surface area (Å²) in [5.74, 6) is 0.999. The summed E-state index contributed by atoms with van der Waals surface area (Å²) in [6.45, 7) is 2.90. The second kappa shape index (κ2) is 5.71. The Morgan fingerprint density at radius 1 is 1.16 bits per heavy atom. The molecule has 1 aromatic heterocycles. The number of hydrogen-bond donors (Lipinski definition) is 1. The molecule has 0 spiro atoms. The molecule has 0 aliphatic heterocycles. The van der Waals surface area contributed by atoms with Crippen LogP contribution >= 0.6 is 0 Å². The Hall–Kier alpha value is -2.07. The van der Waals surface area contributed by atoms with Crippen molar-refractivity contribution in [2.75, 3.05) is 7.05 Å². The number of nitrogens with two attached hydrogens (primary N) is 1. The number of furan rings is 1. The summed E-state index contributed by atoms with van der Waals surface area (Å²) in [6, 6.07) is 11.4. The number of benzene rings is 1. The van der Waals surface area contributed by atoms with Gasteiger partial charge in [0.05, 0.1) is 0 Å². The summed E-state index contributed by atoms with van der Waals surface area (Å²) in [7, 11) is 1.76. The van der Waals surface area contributed by atoms with E-state index in [-0.39, 0.29) is 5.91 Å². The molecule has 19 heavy (non-hydrogen) atoms. The molecule has 2 aromatic rings. The minimum absolute atomic E-state index is 0.115. The minimum Gasteiger partial charge on any atom is -0.456 e. The summed E-state index contributed by atoms with van der Waals surface area (Å²) in [5, 5.41) is 0. The van der Waals surface area contributed by atoms with Crippen LogP contribution in [0, 0.1) is 6.92 Å². The van der Waals surface area contributed by atoms with Gasteiger partial charge in [0.15, 0.2) is 5.76 Å². The van der Waals surface area contributed by atoms with Crippen molar-refractivity contribution in [3.05, 3.63) is 59.0 Å². The molecule has 0 saturated carbocycles.